The minimum absolute atomic E-state index is 0.0791. The molecule has 0 fully saturated rings. The maximum atomic E-state index is 12.0. The van der Waals surface area contributed by atoms with Gasteiger partial charge in [-0.2, -0.15) is 8.78 Å². The van der Waals surface area contributed by atoms with Crippen molar-refractivity contribution in [1.29, 1.82) is 0 Å². The third kappa shape index (κ3) is 5.44. The van der Waals surface area contributed by atoms with Gasteiger partial charge >= 0.3 is 6.61 Å². The van der Waals surface area contributed by atoms with Gasteiger partial charge in [-0.15, -0.1) is 0 Å². The van der Waals surface area contributed by atoms with Crippen LogP contribution in [0.1, 0.15) is 5.56 Å². The predicted molar refractivity (Wildman–Crippen MR) is 89.9 cm³/mol. The van der Waals surface area contributed by atoms with E-state index in [-0.39, 0.29) is 11.7 Å². The summed E-state index contributed by atoms with van der Waals surface area (Å²) in [7, 11) is 0. The van der Waals surface area contributed by atoms with Crippen molar-refractivity contribution in [3.63, 3.8) is 0 Å². The molecule has 0 bridgehead atoms. The number of nitrogens with one attached hydrogen (secondary N) is 1. The van der Waals surface area contributed by atoms with Crippen LogP contribution in [0.15, 0.2) is 54.6 Å². The minimum Gasteiger partial charge on any atom is -0.435 e. The number of benzene rings is 2. The quantitative estimate of drug-likeness (QED) is 0.575. The van der Waals surface area contributed by atoms with E-state index in [1.807, 2.05) is 18.2 Å². The summed E-state index contributed by atoms with van der Waals surface area (Å²) in [5.41, 5.74) is 1.42. The largest absolute Gasteiger partial charge is 0.435 e. The number of rotatable bonds is 5. The normalized spacial score (nSPS) is 10.9. The molecule has 0 aliphatic heterocycles. The number of amides is 1. The summed E-state index contributed by atoms with van der Waals surface area (Å²) in [4.78, 5) is 11.8. The molecule has 0 aliphatic rings. The van der Waals surface area contributed by atoms with E-state index in [2.05, 4.69) is 32.6 Å². The molecule has 0 atom stereocenters. The van der Waals surface area contributed by atoms with Crippen LogP contribution in [0, 0.1) is 3.57 Å². The summed E-state index contributed by atoms with van der Waals surface area (Å²) in [5, 5.41) is 2.74. The fourth-order valence-corrected chi connectivity index (χ4v) is 2.23. The van der Waals surface area contributed by atoms with Crippen molar-refractivity contribution in [3.8, 4) is 5.75 Å². The second-order valence-electron chi connectivity index (χ2n) is 4.28. The Morgan fingerprint density at radius 1 is 1.18 bits per heavy atom. The van der Waals surface area contributed by atoms with E-state index in [4.69, 9.17) is 0 Å². The molecule has 2 rings (SSSR count). The fraction of sp³-hybridized carbons (Fsp3) is 0.0625. The molecule has 2 aromatic rings. The number of alkyl halides is 2. The molecule has 0 spiro atoms. The van der Waals surface area contributed by atoms with Gasteiger partial charge in [-0.1, -0.05) is 18.2 Å². The molecular formula is C16H12F2INO2. The molecule has 1 N–H and O–H groups in total. The van der Waals surface area contributed by atoms with E-state index in [0.29, 0.717) is 11.3 Å². The van der Waals surface area contributed by atoms with Crippen molar-refractivity contribution in [2.24, 2.45) is 0 Å². The summed E-state index contributed by atoms with van der Waals surface area (Å²) in [5.74, 6) is -0.189. The second kappa shape index (κ2) is 7.88. The highest BCUT2D eigenvalue weighted by Gasteiger charge is 2.03. The molecule has 22 heavy (non-hydrogen) atoms. The summed E-state index contributed by atoms with van der Waals surface area (Å²) in [6.45, 7) is -2.85. The van der Waals surface area contributed by atoms with Gasteiger partial charge < -0.3 is 10.1 Å². The second-order valence-corrected chi connectivity index (χ2v) is 5.53. The molecule has 0 unspecified atom stereocenters. The van der Waals surface area contributed by atoms with Crippen molar-refractivity contribution in [2.75, 3.05) is 5.32 Å². The van der Waals surface area contributed by atoms with Crippen molar-refractivity contribution in [1.82, 2.24) is 0 Å². The molecule has 114 valence electrons. The zero-order valence-corrected chi connectivity index (χ0v) is 13.5. The maximum Gasteiger partial charge on any atom is 0.387 e. The zero-order chi connectivity index (χ0) is 15.9. The van der Waals surface area contributed by atoms with Crippen molar-refractivity contribution in [3.05, 3.63) is 63.7 Å². The Morgan fingerprint density at radius 3 is 2.55 bits per heavy atom. The van der Waals surface area contributed by atoms with Crippen LogP contribution in [-0.4, -0.2) is 12.5 Å². The van der Waals surface area contributed by atoms with Crippen LogP contribution < -0.4 is 10.1 Å². The smallest absolute Gasteiger partial charge is 0.387 e. The molecule has 0 heterocycles. The van der Waals surface area contributed by atoms with Crippen LogP contribution >= 0.6 is 22.6 Å². The van der Waals surface area contributed by atoms with E-state index in [9.17, 15) is 13.6 Å². The molecule has 3 nitrogen and oxygen atoms in total. The Balaban J connectivity index is 1.94. The van der Waals surface area contributed by atoms with E-state index >= 15 is 0 Å². The number of hydrogen-bond acceptors (Lipinski definition) is 2. The van der Waals surface area contributed by atoms with Gasteiger partial charge in [0.2, 0.25) is 5.91 Å². The maximum absolute atomic E-state index is 12.0. The number of carbonyl (C=O) groups is 1. The first-order valence-corrected chi connectivity index (χ1v) is 7.40. The molecule has 0 saturated carbocycles. The Labute approximate surface area is 140 Å². The molecule has 0 saturated heterocycles. The van der Waals surface area contributed by atoms with Crippen LogP contribution in [-0.2, 0) is 4.79 Å². The molecule has 0 radical (unpaired) electrons. The average Bonchev–Trinajstić information content (AvgIpc) is 2.46. The monoisotopic (exact) mass is 415 g/mol. The van der Waals surface area contributed by atoms with E-state index in [1.54, 1.807) is 24.3 Å². The van der Waals surface area contributed by atoms with Gasteiger partial charge in [0.25, 0.3) is 0 Å². The predicted octanol–water partition coefficient (Wildman–Crippen LogP) is 4.54. The fourth-order valence-electron chi connectivity index (χ4n) is 1.68. The summed E-state index contributed by atoms with van der Waals surface area (Å²) >= 11 is 2.16. The highest BCUT2D eigenvalue weighted by molar-refractivity contribution is 14.1. The standard InChI is InChI=1S/C16H12F2INO2/c17-16(18)22-14-7-4-11(5-8-14)6-9-15(21)20-13-3-1-2-12(19)10-13/h1-10,16H,(H,20,21). The Kier molecular flexibility index (Phi) is 5.88. The van der Waals surface area contributed by atoms with Crippen LogP contribution in [0.2, 0.25) is 0 Å². The molecule has 1 amide bonds. The lowest BCUT2D eigenvalue weighted by Crippen LogP contribution is -2.07. The molecule has 6 heteroatoms. The number of carbonyl (C=O) groups excluding carboxylic acids is 1. The van der Waals surface area contributed by atoms with Crippen molar-refractivity contribution in [2.45, 2.75) is 6.61 Å². The van der Waals surface area contributed by atoms with E-state index in [0.717, 1.165) is 3.57 Å². The summed E-state index contributed by atoms with van der Waals surface area (Å²) in [6.07, 6.45) is 2.97. The third-order valence-electron chi connectivity index (χ3n) is 2.62. The lowest BCUT2D eigenvalue weighted by atomic mass is 10.2. The van der Waals surface area contributed by atoms with Gasteiger partial charge in [0, 0.05) is 15.3 Å². The van der Waals surface area contributed by atoms with Crippen LogP contribution in [0.3, 0.4) is 0 Å². The number of ether oxygens (including phenoxy) is 1. The summed E-state index contributed by atoms with van der Waals surface area (Å²) in [6, 6.07) is 13.4. The highest BCUT2D eigenvalue weighted by atomic mass is 127. The molecular weight excluding hydrogens is 403 g/mol. The van der Waals surface area contributed by atoms with Gasteiger partial charge in [0.1, 0.15) is 5.75 Å². The average molecular weight is 415 g/mol. The van der Waals surface area contributed by atoms with Gasteiger partial charge in [0.05, 0.1) is 0 Å². The minimum atomic E-state index is -2.85. The van der Waals surface area contributed by atoms with Gasteiger partial charge in [-0.3, -0.25) is 4.79 Å². The zero-order valence-electron chi connectivity index (χ0n) is 11.3. The highest BCUT2D eigenvalue weighted by Crippen LogP contribution is 2.16. The summed E-state index contributed by atoms with van der Waals surface area (Å²) < 4.78 is 29.3. The first kappa shape index (κ1) is 16.4. The Morgan fingerprint density at radius 2 is 1.91 bits per heavy atom. The lowest BCUT2D eigenvalue weighted by molar-refractivity contribution is -0.111. The third-order valence-corrected chi connectivity index (χ3v) is 3.30. The SMILES string of the molecule is O=C(C=Cc1ccc(OC(F)F)cc1)Nc1cccc(I)c1. The van der Waals surface area contributed by atoms with Crippen LogP contribution in [0.4, 0.5) is 14.5 Å². The van der Waals surface area contributed by atoms with Crippen molar-refractivity contribution >= 4 is 40.3 Å². The lowest BCUT2D eigenvalue weighted by Gasteiger charge is -2.04. The van der Waals surface area contributed by atoms with E-state index in [1.165, 1.54) is 18.2 Å². The topological polar surface area (TPSA) is 38.3 Å². The van der Waals surface area contributed by atoms with E-state index < -0.39 is 6.61 Å². The molecule has 2 aromatic carbocycles. The van der Waals surface area contributed by atoms with Gasteiger partial charge in [0.15, 0.2) is 0 Å². The van der Waals surface area contributed by atoms with Crippen LogP contribution in [0.25, 0.3) is 6.08 Å². The Hall–Kier alpha value is -1.96. The number of hydrogen-bond donors (Lipinski definition) is 1. The Bertz CT molecular complexity index is 672. The van der Waals surface area contributed by atoms with Crippen molar-refractivity contribution < 1.29 is 18.3 Å². The van der Waals surface area contributed by atoms with Gasteiger partial charge in [-0.25, -0.2) is 0 Å². The molecule has 0 aliphatic carbocycles. The first-order chi connectivity index (χ1) is 10.5. The van der Waals surface area contributed by atoms with Crippen LogP contribution in [0.5, 0.6) is 5.75 Å². The first-order valence-electron chi connectivity index (χ1n) is 6.32. The number of anilines is 1. The number of halogens is 3. The molecule has 0 aromatic heterocycles. The van der Waals surface area contributed by atoms with Gasteiger partial charge in [-0.05, 0) is 64.6 Å².